The summed E-state index contributed by atoms with van der Waals surface area (Å²) in [5.74, 6) is -1.23. The summed E-state index contributed by atoms with van der Waals surface area (Å²) in [6.45, 7) is 0. The van der Waals surface area contributed by atoms with Crippen molar-refractivity contribution in [2.24, 2.45) is 0 Å². The zero-order valence-corrected chi connectivity index (χ0v) is 13.2. The molecule has 6 nitrogen and oxygen atoms in total. The Kier molecular flexibility index (Phi) is 4.61. The quantitative estimate of drug-likeness (QED) is 0.626. The van der Waals surface area contributed by atoms with Gasteiger partial charge < -0.3 is 4.98 Å². The molecule has 0 saturated carbocycles. The zero-order chi connectivity index (χ0) is 18.7. The van der Waals surface area contributed by atoms with E-state index in [0.29, 0.717) is 6.07 Å². The molecule has 3 aromatic rings. The van der Waals surface area contributed by atoms with E-state index in [1.165, 1.54) is 0 Å². The fraction of sp³-hybridized carbons (Fsp3) is 0.118. The number of aromatic amines is 1. The molecule has 26 heavy (non-hydrogen) atoms. The fourth-order valence-corrected chi connectivity index (χ4v) is 2.39. The van der Waals surface area contributed by atoms with E-state index in [-0.39, 0.29) is 12.0 Å². The Bertz CT molecular complexity index is 949. The fourth-order valence-electron chi connectivity index (χ4n) is 2.39. The monoisotopic (exact) mass is 362 g/mol. The van der Waals surface area contributed by atoms with Gasteiger partial charge in [0.1, 0.15) is 5.69 Å². The van der Waals surface area contributed by atoms with E-state index in [1.807, 2.05) is 24.3 Å². The predicted octanol–water partition coefficient (Wildman–Crippen LogP) is 2.59. The molecule has 0 radical (unpaired) electrons. The number of benzene rings is 1. The zero-order valence-electron chi connectivity index (χ0n) is 13.2. The second-order valence-corrected chi connectivity index (χ2v) is 5.47. The van der Waals surface area contributed by atoms with Crippen molar-refractivity contribution in [3.63, 3.8) is 0 Å². The Labute approximate surface area is 145 Å². The summed E-state index contributed by atoms with van der Waals surface area (Å²) in [4.78, 5) is 30.1. The lowest BCUT2D eigenvalue weighted by Gasteiger charge is -2.08. The van der Waals surface area contributed by atoms with Crippen molar-refractivity contribution >= 4 is 22.7 Å². The van der Waals surface area contributed by atoms with E-state index in [4.69, 9.17) is 0 Å². The molecule has 3 N–H and O–H groups in total. The highest BCUT2D eigenvalue weighted by molar-refractivity contribution is 5.95. The highest BCUT2D eigenvalue weighted by Gasteiger charge is 2.32. The first-order valence-electron chi connectivity index (χ1n) is 7.52. The Morgan fingerprint density at radius 2 is 1.85 bits per heavy atom. The van der Waals surface area contributed by atoms with Crippen LogP contribution in [0.25, 0.3) is 10.9 Å². The third kappa shape index (κ3) is 3.82. The molecule has 134 valence electrons. The van der Waals surface area contributed by atoms with Gasteiger partial charge in [-0.25, -0.2) is 0 Å². The molecule has 9 heteroatoms. The summed E-state index contributed by atoms with van der Waals surface area (Å²) in [5.41, 5.74) is 4.81. The van der Waals surface area contributed by atoms with E-state index < -0.39 is 23.7 Å². The van der Waals surface area contributed by atoms with Gasteiger partial charge in [-0.15, -0.1) is 0 Å². The maximum atomic E-state index is 12.4. The maximum absolute atomic E-state index is 12.4. The summed E-state index contributed by atoms with van der Waals surface area (Å²) in [6, 6.07) is 9.12. The third-order valence-electron chi connectivity index (χ3n) is 3.66. The van der Waals surface area contributed by atoms with Gasteiger partial charge in [-0.3, -0.25) is 25.4 Å². The minimum atomic E-state index is -4.58. The van der Waals surface area contributed by atoms with Gasteiger partial charge in [-0.2, -0.15) is 13.2 Å². The van der Waals surface area contributed by atoms with Crippen LogP contribution < -0.4 is 10.9 Å². The van der Waals surface area contributed by atoms with E-state index in [9.17, 15) is 22.8 Å². The lowest BCUT2D eigenvalue weighted by atomic mass is 10.1. The number of fused-ring (bicyclic) bond motifs is 1. The Morgan fingerprint density at radius 1 is 1.08 bits per heavy atom. The summed E-state index contributed by atoms with van der Waals surface area (Å²) >= 11 is 0. The molecule has 0 spiro atoms. The number of nitrogens with one attached hydrogen (secondary N) is 3. The molecule has 0 aliphatic carbocycles. The topological polar surface area (TPSA) is 86.9 Å². The number of alkyl halides is 3. The number of H-pyrrole nitrogens is 1. The van der Waals surface area contributed by atoms with Gasteiger partial charge in [0.15, 0.2) is 0 Å². The molecule has 0 bridgehead atoms. The number of hydrazine groups is 1. The number of aromatic nitrogens is 2. The molecular formula is C17H13F3N4O2. The van der Waals surface area contributed by atoms with Gasteiger partial charge in [0.05, 0.1) is 12.0 Å². The number of halogens is 3. The van der Waals surface area contributed by atoms with Gasteiger partial charge in [0, 0.05) is 23.3 Å². The minimum absolute atomic E-state index is 0.0234. The van der Waals surface area contributed by atoms with Crippen molar-refractivity contribution in [2.45, 2.75) is 12.6 Å². The summed E-state index contributed by atoms with van der Waals surface area (Å²) in [6.07, 6.45) is -2.06. The second-order valence-electron chi connectivity index (χ2n) is 5.47. The Morgan fingerprint density at radius 3 is 2.54 bits per heavy atom. The summed E-state index contributed by atoms with van der Waals surface area (Å²) < 4.78 is 37.3. The van der Waals surface area contributed by atoms with Crippen molar-refractivity contribution in [3.05, 3.63) is 65.6 Å². The first-order chi connectivity index (χ1) is 12.3. The number of carbonyl (C=O) groups excluding carboxylic acids is 2. The molecule has 0 aliphatic heterocycles. The van der Waals surface area contributed by atoms with Gasteiger partial charge in [-0.1, -0.05) is 18.2 Å². The number of pyridine rings is 1. The standard InChI is InChI=1S/C17H13F3N4O2/c18-17(19,20)14-6-5-10(8-22-14)16(26)24-23-15(25)7-11-9-21-13-4-2-1-3-12(11)13/h1-6,8-9,21H,7H2,(H,23,25)(H,24,26). The number of rotatable bonds is 3. The van der Waals surface area contributed by atoms with Crippen LogP contribution in [0.2, 0.25) is 0 Å². The predicted molar refractivity (Wildman–Crippen MR) is 86.9 cm³/mol. The molecule has 0 saturated heterocycles. The average Bonchev–Trinajstić information content (AvgIpc) is 3.02. The molecule has 1 aromatic carbocycles. The summed E-state index contributed by atoms with van der Waals surface area (Å²) in [7, 11) is 0. The third-order valence-corrected chi connectivity index (χ3v) is 3.66. The lowest BCUT2D eigenvalue weighted by Crippen LogP contribution is -2.42. The molecule has 2 amide bonds. The van der Waals surface area contributed by atoms with Crippen LogP contribution in [0.1, 0.15) is 21.6 Å². The van der Waals surface area contributed by atoms with Crippen LogP contribution in [0.3, 0.4) is 0 Å². The highest BCUT2D eigenvalue weighted by Crippen LogP contribution is 2.27. The van der Waals surface area contributed by atoms with E-state index in [0.717, 1.165) is 28.7 Å². The largest absolute Gasteiger partial charge is 0.433 e. The number of para-hydroxylation sites is 1. The lowest BCUT2D eigenvalue weighted by molar-refractivity contribution is -0.141. The minimum Gasteiger partial charge on any atom is -0.361 e. The summed E-state index contributed by atoms with van der Waals surface area (Å²) in [5, 5.41) is 0.890. The van der Waals surface area contributed by atoms with Crippen molar-refractivity contribution < 1.29 is 22.8 Å². The number of amides is 2. The molecule has 2 aromatic heterocycles. The van der Waals surface area contributed by atoms with E-state index in [2.05, 4.69) is 20.8 Å². The van der Waals surface area contributed by atoms with Crippen LogP contribution in [-0.4, -0.2) is 21.8 Å². The van der Waals surface area contributed by atoms with Crippen LogP contribution >= 0.6 is 0 Å². The van der Waals surface area contributed by atoms with E-state index in [1.54, 1.807) is 6.20 Å². The van der Waals surface area contributed by atoms with E-state index >= 15 is 0 Å². The van der Waals surface area contributed by atoms with Gasteiger partial charge >= 0.3 is 6.18 Å². The smallest absolute Gasteiger partial charge is 0.361 e. The van der Waals surface area contributed by atoms with Crippen LogP contribution in [0.5, 0.6) is 0 Å². The Balaban J connectivity index is 1.58. The first kappa shape index (κ1) is 17.5. The highest BCUT2D eigenvalue weighted by atomic mass is 19.4. The molecule has 0 aliphatic rings. The molecule has 0 fully saturated rings. The molecule has 2 heterocycles. The molecule has 0 unspecified atom stereocenters. The second kappa shape index (κ2) is 6.87. The first-order valence-corrected chi connectivity index (χ1v) is 7.52. The van der Waals surface area contributed by atoms with Gasteiger partial charge in [-0.05, 0) is 23.8 Å². The number of hydrogen-bond acceptors (Lipinski definition) is 3. The van der Waals surface area contributed by atoms with Crippen molar-refractivity contribution in [3.8, 4) is 0 Å². The molecular weight excluding hydrogens is 349 g/mol. The maximum Gasteiger partial charge on any atom is 0.433 e. The Hall–Kier alpha value is -3.36. The molecule has 3 rings (SSSR count). The van der Waals surface area contributed by atoms with Crippen molar-refractivity contribution in [1.29, 1.82) is 0 Å². The van der Waals surface area contributed by atoms with Gasteiger partial charge in [0.25, 0.3) is 5.91 Å². The number of hydrogen-bond donors (Lipinski definition) is 3. The van der Waals surface area contributed by atoms with Crippen LogP contribution in [-0.2, 0) is 17.4 Å². The van der Waals surface area contributed by atoms with Crippen LogP contribution in [0.15, 0.2) is 48.8 Å². The number of nitrogens with zero attached hydrogens (tertiary/aromatic N) is 1. The van der Waals surface area contributed by atoms with Crippen molar-refractivity contribution in [2.75, 3.05) is 0 Å². The number of carbonyl (C=O) groups is 2. The van der Waals surface area contributed by atoms with Gasteiger partial charge in [0.2, 0.25) is 5.91 Å². The SMILES string of the molecule is O=C(Cc1c[nH]c2ccccc12)NNC(=O)c1ccc(C(F)(F)F)nc1. The average molecular weight is 362 g/mol. The normalized spacial score (nSPS) is 11.3. The molecule has 0 atom stereocenters. The van der Waals surface area contributed by atoms with Crippen molar-refractivity contribution in [1.82, 2.24) is 20.8 Å². The van der Waals surface area contributed by atoms with Crippen LogP contribution in [0, 0.1) is 0 Å². The van der Waals surface area contributed by atoms with Crippen LogP contribution in [0.4, 0.5) is 13.2 Å².